The fourth-order valence-electron chi connectivity index (χ4n) is 4.97. The van der Waals surface area contributed by atoms with Crippen molar-refractivity contribution in [3.05, 3.63) is 66.9 Å². The number of rotatable bonds is 9. The third-order valence-electron chi connectivity index (χ3n) is 7.03. The molecule has 1 aromatic carbocycles. The van der Waals surface area contributed by atoms with Gasteiger partial charge in [0.2, 0.25) is 5.91 Å². The standard InChI is InChI=1S/C26H32N8O3/c1-2-32(14-19-4-6-20(7-5-19)34-11-3-10-30-34)24-21-8-12-33(25(21)29-18-28-24)17-26(37)9-13-31(15-22(26)35)16-23(27)36/h3-8,10-12,18,22,35,37H,2,9,13-17H2,1H3,(H2,27,36)/t22-,26-/m1/s1. The molecule has 194 valence electrons. The highest BCUT2D eigenvalue weighted by Gasteiger charge is 2.41. The number of nitrogens with zero attached hydrogens (tertiary/aromatic N) is 7. The van der Waals surface area contributed by atoms with E-state index in [0.29, 0.717) is 25.2 Å². The Morgan fingerprint density at radius 1 is 1.22 bits per heavy atom. The number of aromatic nitrogens is 5. The Morgan fingerprint density at radius 2 is 2.03 bits per heavy atom. The second-order valence-corrected chi connectivity index (χ2v) is 9.58. The van der Waals surface area contributed by atoms with Crippen LogP contribution in [0.3, 0.4) is 0 Å². The number of anilines is 1. The van der Waals surface area contributed by atoms with Crippen molar-refractivity contribution in [2.45, 2.75) is 38.1 Å². The number of hydrogen-bond acceptors (Lipinski definition) is 8. The Hall–Kier alpha value is -3.80. The van der Waals surface area contributed by atoms with Crippen LogP contribution < -0.4 is 10.6 Å². The fraction of sp³-hybridized carbons (Fsp3) is 0.385. The van der Waals surface area contributed by atoms with Gasteiger partial charge in [-0.3, -0.25) is 9.69 Å². The molecule has 37 heavy (non-hydrogen) atoms. The van der Waals surface area contributed by atoms with Gasteiger partial charge in [0.25, 0.3) is 0 Å². The predicted molar refractivity (Wildman–Crippen MR) is 139 cm³/mol. The first kappa shape index (κ1) is 24.9. The van der Waals surface area contributed by atoms with Gasteiger partial charge in [-0.15, -0.1) is 0 Å². The summed E-state index contributed by atoms with van der Waals surface area (Å²) in [6.07, 6.45) is 6.37. The summed E-state index contributed by atoms with van der Waals surface area (Å²) in [5.74, 6) is 0.360. The molecule has 3 aromatic heterocycles. The molecule has 11 nitrogen and oxygen atoms in total. The van der Waals surface area contributed by atoms with Crippen LogP contribution in [-0.2, 0) is 17.9 Å². The van der Waals surface area contributed by atoms with Crippen molar-refractivity contribution in [3.63, 3.8) is 0 Å². The van der Waals surface area contributed by atoms with E-state index in [1.807, 2.05) is 45.9 Å². The van der Waals surface area contributed by atoms with Gasteiger partial charge in [-0.2, -0.15) is 5.10 Å². The van der Waals surface area contributed by atoms with E-state index in [0.717, 1.165) is 29.0 Å². The second-order valence-electron chi connectivity index (χ2n) is 9.58. The van der Waals surface area contributed by atoms with E-state index >= 15 is 0 Å². The lowest BCUT2D eigenvalue weighted by molar-refractivity contribution is -0.135. The molecule has 1 saturated heterocycles. The Morgan fingerprint density at radius 3 is 2.70 bits per heavy atom. The molecule has 0 spiro atoms. The van der Waals surface area contributed by atoms with E-state index in [1.165, 1.54) is 6.33 Å². The zero-order valence-corrected chi connectivity index (χ0v) is 20.8. The van der Waals surface area contributed by atoms with Gasteiger partial charge in [-0.05, 0) is 43.2 Å². The topological polar surface area (TPSA) is 139 Å². The lowest BCUT2D eigenvalue weighted by Gasteiger charge is -2.42. The predicted octanol–water partition coefficient (Wildman–Crippen LogP) is 0.926. The number of piperidine rings is 1. The number of aliphatic hydroxyl groups excluding tert-OH is 1. The van der Waals surface area contributed by atoms with Gasteiger partial charge in [0.1, 0.15) is 23.4 Å². The Labute approximate surface area is 214 Å². The van der Waals surface area contributed by atoms with Gasteiger partial charge >= 0.3 is 0 Å². The van der Waals surface area contributed by atoms with E-state index in [1.54, 1.807) is 11.1 Å². The number of likely N-dealkylation sites (tertiary alicyclic amines) is 1. The molecule has 0 aliphatic carbocycles. The largest absolute Gasteiger partial charge is 0.389 e. The van der Waals surface area contributed by atoms with Gasteiger partial charge < -0.3 is 25.4 Å². The second kappa shape index (κ2) is 10.3. The normalized spacial score (nSPS) is 20.4. The first-order chi connectivity index (χ1) is 17.9. The minimum atomic E-state index is -1.34. The number of β-amino-alcohol motifs (C(OH)–C–C–N with tert-alkyl or cyclic N) is 1. The first-order valence-corrected chi connectivity index (χ1v) is 12.4. The number of aliphatic hydroxyl groups is 2. The summed E-state index contributed by atoms with van der Waals surface area (Å²) in [5, 5.41) is 27.1. The molecule has 4 aromatic rings. The molecule has 1 amide bonds. The van der Waals surface area contributed by atoms with Crippen LogP contribution in [0.25, 0.3) is 16.7 Å². The molecular weight excluding hydrogens is 472 g/mol. The van der Waals surface area contributed by atoms with Crippen molar-refractivity contribution < 1.29 is 15.0 Å². The van der Waals surface area contributed by atoms with E-state index in [2.05, 4.69) is 39.0 Å². The third kappa shape index (κ3) is 5.19. The molecule has 5 rings (SSSR count). The summed E-state index contributed by atoms with van der Waals surface area (Å²) in [6.45, 7) is 4.40. The number of amides is 1. The molecule has 4 heterocycles. The van der Waals surface area contributed by atoms with Gasteiger partial charge in [-0.25, -0.2) is 14.6 Å². The number of benzene rings is 1. The van der Waals surface area contributed by atoms with Crippen molar-refractivity contribution >= 4 is 22.8 Å². The lowest BCUT2D eigenvalue weighted by Crippen LogP contribution is -2.58. The molecule has 0 bridgehead atoms. The number of nitrogens with two attached hydrogens (primary N) is 1. The maximum absolute atomic E-state index is 11.3. The average molecular weight is 505 g/mol. The Balaban J connectivity index is 1.34. The van der Waals surface area contributed by atoms with Crippen molar-refractivity contribution in [2.75, 3.05) is 31.1 Å². The molecule has 0 unspecified atom stereocenters. The molecule has 1 aliphatic rings. The summed E-state index contributed by atoms with van der Waals surface area (Å²) < 4.78 is 3.69. The molecule has 2 atom stereocenters. The summed E-state index contributed by atoms with van der Waals surface area (Å²) in [4.78, 5) is 24.3. The van der Waals surface area contributed by atoms with Gasteiger partial charge in [0.05, 0.1) is 30.3 Å². The van der Waals surface area contributed by atoms with Gasteiger partial charge in [0, 0.05) is 44.8 Å². The van der Waals surface area contributed by atoms with E-state index in [-0.39, 0.29) is 19.6 Å². The molecule has 4 N–H and O–H groups in total. The number of hydrogen-bond donors (Lipinski definition) is 3. The first-order valence-electron chi connectivity index (χ1n) is 12.4. The number of carbonyl (C=O) groups is 1. The zero-order chi connectivity index (χ0) is 26.0. The van der Waals surface area contributed by atoms with Crippen LogP contribution in [-0.4, -0.2) is 83.2 Å². The number of carbonyl (C=O) groups excluding carboxylic acids is 1. The van der Waals surface area contributed by atoms with Crippen LogP contribution in [0.2, 0.25) is 0 Å². The summed E-state index contributed by atoms with van der Waals surface area (Å²) in [5.41, 5.74) is 6.78. The highest BCUT2D eigenvalue weighted by atomic mass is 16.3. The smallest absolute Gasteiger partial charge is 0.231 e. The Bertz CT molecular complexity index is 1350. The van der Waals surface area contributed by atoms with E-state index in [4.69, 9.17) is 5.73 Å². The van der Waals surface area contributed by atoms with Crippen LogP contribution in [0.5, 0.6) is 0 Å². The lowest BCUT2D eigenvalue weighted by atomic mass is 9.88. The summed E-state index contributed by atoms with van der Waals surface area (Å²) in [6, 6.07) is 12.1. The van der Waals surface area contributed by atoms with Crippen molar-refractivity contribution in [1.29, 1.82) is 0 Å². The van der Waals surface area contributed by atoms with Crippen molar-refractivity contribution in [2.24, 2.45) is 5.73 Å². The van der Waals surface area contributed by atoms with Crippen molar-refractivity contribution in [1.82, 2.24) is 29.2 Å². The van der Waals surface area contributed by atoms with Crippen LogP contribution in [0.1, 0.15) is 18.9 Å². The minimum Gasteiger partial charge on any atom is -0.389 e. The van der Waals surface area contributed by atoms with Crippen LogP contribution >= 0.6 is 0 Å². The summed E-state index contributed by atoms with van der Waals surface area (Å²) >= 11 is 0. The monoisotopic (exact) mass is 504 g/mol. The summed E-state index contributed by atoms with van der Waals surface area (Å²) in [7, 11) is 0. The Kier molecular flexibility index (Phi) is 6.92. The highest BCUT2D eigenvalue weighted by molar-refractivity contribution is 5.87. The molecule has 11 heteroatoms. The van der Waals surface area contributed by atoms with Crippen LogP contribution in [0, 0.1) is 0 Å². The maximum Gasteiger partial charge on any atom is 0.231 e. The third-order valence-corrected chi connectivity index (χ3v) is 7.03. The van der Waals surface area contributed by atoms with Crippen LogP contribution in [0.15, 0.2) is 61.3 Å². The maximum atomic E-state index is 11.3. The fourth-order valence-corrected chi connectivity index (χ4v) is 4.97. The number of primary amides is 1. The molecule has 0 saturated carbocycles. The van der Waals surface area contributed by atoms with Gasteiger partial charge in [0.15, 0.2) is 0 Å². The number of fused-ring (bicyclic) bond motifs is 1. The van der Waals surface area contributed by atoms with Crippen LogP contribution in [0.4, 0.5) is 5.82 Å². The molecule has 0 radical (unpaired) electrons. The quantitative estimate of drug-likeness (QED) is 0.306. The van der Waals surface area contributed by atoms with Crippen molar-refractivity contribution in [3.8, 4) is 5.69 Å². The molecule has 1 fully saturated rings. The zero-order valence-electron chi connectivity index (χ0n) is 20.8. The molecular formula is C26H32N8O3. The van der Waals surface area contributed by atoms with Gasteiger partial charge in [-0.1, -0.05) is 12.1 Å². The van der Waals surface area contributed by atoms with E-state index < -0.39 is 17.6 Å². The minimum absolute atomic E-state index is 0.0645. The van der Waals surface area contributed by atoms with E-state index in [9.17, 15) is 15.0 Å². The average Bonchev–Trinajstić information content (AvgIpc) is 3.56. The highest BCUT2D eigenvalue weighted by Crippen LogP contribution is 2.29. The SMILES string of the molecule is CCN(Cc1ccc(-n2cccn2)cc1)c1ncnc2c1ccn2C[C@]1(O)CCN(CC(N)=O)C[C@H]1O. The molecule has 1 aliphatic heterocycles.